The van der Waals surface area contributed by atoms with E-state index >= 15 is 0 Å². The Kier molecular flexibility index (Phi) is 3.10. The number of rotatable bonds is 2. The maximum atomic E-state index is 10.6. The monoisotopic (exact) mass is 215 g/mol. The normalized spacial score (nSPS) is 10.0. The minimum absolute atomic E-state index is 0.0689. The van der Waals surface area contributed by atoms with Crippen LogP contribution in [0.2, 0.25) is 5.02 Å². The van der Waals surface area contributed by atoms with Crippen molar-refractivity contribution in [3.8, 4) is 0 Å². The summed E-state index contributed by atoms with van der Waals surface area (Å²) in [5, 5.41) is 28.3. The SMILES string of the molecule is Cc1ccc(B(O)O)c([N+](=O)[O-])c1Cl. The molecule has 7 heteroatoms. The summed E-state index contributed by atoms with van der Waals surface area (Å²) in [6.07, 6.45) is 0. The summed E-state index contributed by atoms with van der Waals surface area (Å²) in [6, 6.07) is 2.76. The molecule has 0 aliphatic rings. The molecular formula is C7H7BClNO4. The van der Waals surface area contributed by atoms with Crippen molar-refractivity contribution in [3.05, 3.63) is 32.8 Å². The van der Waals surface area contributed by atoms with Gasteiger partial charge in [0.2, 0.25) is 0 Å². The Morgan fingerprint density at radius 1 is 1.50 bits per heavy atom. The van der Waals surface area contributed by atoms with Gasteiger partial charge in [0.1, 0.15) is 5.02 Å². The summed E-state index contributed by atoms with van der Waals surface area (Å²) >= 11 is 5.67. The second-order valence-corrected chi connectivity index (χ2v) is 3.14. The molecule has 0 saturated heterocycles. The van der Waals surface area contributed by atoms with E-state index in [1.807, 2.05) is 0 Å². The van der Waals surface area contributed by atoms with Crippen molar-refractivity contribution in [2.24, 2.45) is 0 Å². The van der Waals surface area contributed by atoms with E-state index in [2.05, 4.69) is 0 Å². The lowest BCUT2D eigenvalue weighted by Gasteiger charge is -2.04. The van der Waals surface area contributed by atoms with Crippen LogP contribution in [0.15, 0.2) is 12.1 Å². The van der Waals surface area contributed by atoms with Gasteiger partial charge in [-0.2, -0.15) is 0 Å². The van der Waals surface area contributed by atoms with Crippen LogP contribution in [0.25, 0.3) is 0 Å². The lowest BCUT2D eigenvalue weighted by molar-refractivity contribution is -0.383. The van der Waals surface area contributed by atoms with E-state index in [0.29, 0.717) is 5.56 Å². The second kappa shape index (κ2) is 3.95. The van der Waals surface area contributed by atoms with Crippen LogP contribution in [0.1, 0.15) is 5.56 Å². The highest BCUT2D eigenvalue weighted by Crippen LogP contribution is 2.25. The van der Waals surface area contributed by atoms with Gasteiger partial charge in [0.15, 0.2) is 0 Å². The maximum absolute atomic E-state index is 10.6. The van der Waals surface area contributed by atoms with Crippen molar-refractivity contribution < 1.29 is 15.0 Å². The standard InChI is InChI=1S/C7H7BClNO4/c1-4-2-3-5(8(11)12)7(6(4)9)10(13)14/h2-3,11-12H,1H3. The number of hydrogen-bond donors (Lipinski definition) is 2. The van der Waals surface area contributed by atoms with E-state index in [1.54, 1.807) is 6.92 Å². The molecule has 5 nitrogen and oxygen atoms in total. The molecule has 0 heterocycles. The molecule has 0 spiro atoms. The minimum atomic E-state index is -1.89. The van der Waals surface area contributed by atoms with Crippen LogP contribution in [-0.2, 0) is 0 Å². The topological polar surface area (TPSA) is 83.6 Å². The molecule has 0 radical (unpaired) electrons. The van der Waals surface area contributed by atoms with Crippen LogP contribution in [0.5, 0.6) is 0 Å². The quantitative estimate of drug-likeness (QED) is 0.420. The lowest BCUT2D eigenvalue weighted by Crippen LogP contribution is -2.32. The first-order valence-electron chi connectivity index (χ1n) is 3.74. The molecule has 0 aliphatic heterocycles. The average molecular weight is 215 g/mol. The van der Waals surface area contributed by atoms with Crippen molar-refractivity contribution in [2.45, 2.75) is 6.92 Å². The minimum Gasteiger partial charge on any atom is -0.423 e. The van der Waals surface area contributed by atoms with Crippen LogP contribution in [-0.4, -0.2) is 22.1 Å². The Morgan fingerprint density at radius 3 is 2.50 bits per heavy atom. The number of hydrogen-bond acceptors (Lipinski definition) is 4. The highest BCUT2D eigenvalue weighted by molar-refractivity contribution is 6.61. The Bertz CT molecular complexity index is 382. The third-order valence-corrected chi connectivity index (χ3v) is 2.28. The summed E-state index contributed by atoms with van der Waals surface area (Å²) in [5.41, 5.74) is -0.143. The number of halogens is 1. The van der Waals surface area contributed by atoms with Crippen LogP contribution in [0, 0.1) is 17.0 Å². The van der Waals surface area contributed by atoms with Gasteiger partial charge in [0, 0.05) is 0 Å². The summed E-state index contributed by atoms with van der Waals surface area (Å²) in [6.45, 7) is 1.60. The highest BCUT2D eigenvalue weighted by Gasteiger charge is 2.27. The fraction of sp³-hybridized carbons (Fsp3) is 0.143. The van der Waals surface area contributed by atoms with Gasteiger partial charge in [-0.1, -0.05) is 23.7 Å². The molecule has 2 N–H and O–H groups in total. The molecule has 1 aromatic rings. The van der Waals surface area contributed by atoms with E-state index in [9.17, 15) is 10.1 Å². The molecule has 0 saturated carbocycles. The molecule has 0 atom stereocenters. The third kappa shape index (κ3) is 1.87. The fourth-order valence-corrected chi connectivity index (χ4v) is 1.32. The third-order valence-electron chi connectivity index (χ3n) is 1.80. The van der Waals surface area contributed by atoms with Gasteiger partial charge in [-0.05, 0) is 12.5 Å². The van der Waals surface area contributed by atoms with Crippen molar-refractivity contribution in [2.75, 3.05) is 0 Å². The van der Waals surface area contributed by atoms with Crippen LogP contribution >= 0.6 is 11.6 Å². The summed E-state index contributed by atoms with van der Waals surface area (Å²) in [5.74, 6) is 0. The number of benzene rings is 1. The van der Waals surface area contributed by atoms with Crippen molar-refractivity contribution in [3.63, 3.8) is 0 Å². The molecule has 74 valence electrons. The number of nitro groups is 1. The van der Waals surface area contributed by atoms with Gasteiger partial charge in [0.05, 0.1) is 10.4 Å². The van der Waals surface area contributed by atoms with Crippen LogP contribution < -0.4 is 5.46 Å². The predicted molar refractivity (Wildman–Crippen MR) is 52.7 cm³/mol. The van der Waals surface area contributed by atoms with E-state index < -0.39 is 17.7 Å². The smallest absolute Gasteiger partial charge is 0.423 e. The molecule has 0 bridgehead atoms. The number of nitrogens with zero attached hydrogens (tertiary/aromatic N) is 1. The van der Waals surface area contributed by atoms with E-state index in [0.717, 1.165) is 0 Å². The lowest BCUT2D eigenvalue weighted by atomic mass is 9.78. The molecule has 0 aliphatic carbocycles. The summed E-state index contributed by atoms with van der Waals surface area (Å²) < 4.78 is 0. The largest absolute Gasteiger partial charge is 0.495 e. The summed E-state index contributed by atoms with van der Waals surface area (Å²) in [4.78, 5) is 9.87. The zero-order valence-corrected chi connectivity index (χ0v) is 8.02. The van der Waals surface area contributed by atoms with Gasteiger partial charge in [0.25, 0.3) is 5.69 Å². The van der Waals surface area contributed by atoms with Crippen LogP contribution in [0.4, 0.5) is 5.69 Å². The van der Waals surface area contributed by atoms with Crippen molar-refractivity contribution >= 4 is 29.9 Å². The second-order valence-electron chi connectivity index (χ2n) is 2.77. The molecule has 0 aromatic heterocycles. The summed E-state index contributed by atoms with van der Waals surface area (Å²) in [7, 11) is -1.89. The first kappa shape index (κ1) is 11.0. The number of nitro benzene ring substituents is 1. The Balaban J connectivity index is 3.45. The van der Waals surface area contributed by atoms with E-state index in [-0.39, 0.29) is 10.5 Å². The molecular weight excluding hydrogens is 208 g/mol. The Hall–Kier alpha value is -1.11. The molecule has 1 aromatic carbocycles. The van der Waals surface area contributed by atoms with Crippen molar-refractivity contribution in [1.82, 2.24) is 0 Å². The van der Waals surface area contributed by atoms with Gasteiger partial charge in [-0.15, -0.1) is 0 Å². The molecule has 0 fully saturated rings. The van der Waals surface area contributed by atoms with Gasteiger partial charge >= 0.3 is 7.12 Å². The zero-order chi connectivity index (χ0) is 10.9. The van der Waals surface area contributed by atoms with Crippen molar-refractivity contribution in [1.29, 1.82) is 0 Å². The zero-order valence-electron chi connectivity index (χ0n) is 7.27. The molecule has 14 heavy (non-hydrogen) atoms. The first-order chi connectivity index (χ1) is 6.45. The Morgan fingerprint density at radius 2 is 2.07 bits per heavy atom. The molecule has 0 unspecified atom stereocenters. The van der Waals surface area contributed by atoms with E-state index in [1.165, 1.54) is 12.1 Å². The Labute approximate surface area is 85.2 Å². The van der Waals surface area contributed by atoms with E-state index in [4.69, 9.17) is 21.6 Å². The fourth-order valence-electron chi connectivity index (χ4n) is 1.07. The average Bonchev–Trinajstić information content (AvgIpc) is 2.08. The predicted octanol–water partition coefficient (Wildman–Crippen LogP) is 0.236. The van der Waals surface area contributed by atoms with Gasteiger partial charge < -0.3 is 10.0 Å². The molecule has 0 amide bonds. The highest BCUT2D eigenvalue weighted by atomic mass is 35.5. The van der Waals surface area contributed by atoms with Gasteiger partial charge in [-0.25, -0.2) is 0 Å². The molecule has 1 rings (SSSR count). The number of aryl methyl sites for hydroxylation is 1. The van der Waals surface area contributed by atoms with Crippen LogP contribution in [0.3, 0.4) is 0 Å². The maximum Gasteiger partial charge on any atom is 0.495 e. The first-order valence-corrected chi connectivity index (χ1v) is 4.12. The van der Waals surface area contributed by atoms with Gasteiger partial charge in [-0.3, -0.25) is 10.1 Å².